The van der Waals surface area contributed by atoms with Gasteiger partial charge in [0.05, 0.1) is 0 Å². The Balaban J connectivity index is 1.53. The number of phenolic OH excluding ortho intramolecular Hbond substituents is 1. The summed E-state index contributed by atoms with van der Waals surface area (Å²) in [5.41, 5.74) is 2.17. The molecule has 0 spiro atoms. The number of ether oxygens (including phenoxy) is 1. The van der Waals surface area contributed by atoms with Crippen molar-refractivity contribution in [2.24, 2.45) is 0 Å². The number of phenols is 1. The maximum Gasteiger partial charge on any atom is 0.142 e. The van der Waals surface area contributed by atoms with E-state index in [0.717, 1.165) is 28.6 Å². The first-order valence-corrected chi connectivity index (χ1v) is 8.85. The number of benzene rings is 4. The lowest BCUT2D eigenvalue weighted by molar-refractivity contribution is 0.0894. The van der Waals surface area contributed by atoms with Gasteiger partial charge in [-0.05, 0) is 33.7 Å². The van der Waals surface area contributed by atoms with Crippen molar-refractivity contribution in [3.63, 3.8) is 0 Å². The number of rotatable bonds is 2. The molecule has 3 heteroatoms. The van der Waals surface area contributed by atoms with Crippen LogP contribution in [0.15, 0.2) is 72.8 Å². The third kappa shape index (κ3) is 2.49. The van der Waals surface area contributed by atoms with Gasteiger partial charge in [-0.2, -0.15) is 0 Å². The first-order valence-electron chi connectivity index (χ1n) is 8.85. The number of aromatic hydroxyl groups is 1. The van der Waals surface area contributed by atoms with E-state index in [-0.39, 0.29) is 0 Å². The minimum absolute atomic E-state index is 0.340. The number of hydrogen-bond acceptors (Lipinski definition) is 3. The van der Waals surface area contributed by atoms with Gasteiger partial charge in [0.25, 0.3) is 0 Å². The number of hydrogen-bond donors (Lipinski definition) is 1. The van der Waals surface area contributed by atoms with Gasteiger partial charge in [0.1, 0.15) is 18.2 Å². The lowest BCUT2D eigenvalue weighted by Crippen LogP contribution is -2.31. The van der Waals surface area contributed by atoms with Gasteiger partial charge in [0.15, 0.2) is 0 Å². The third-order valence-corrected chi connectivity index (χ3v) is 5.18. The number of fused-ring (bicyclic) bond motifs is 4. The fourth-order valence-corrected chi connectivity index (χ4v) is 3.86. The van der Waals surface area contributed by atoms with Gasteiger partial charge in [0, 0.05) is 24.2 Å². The minimum Gasteiger partial charge on any atom is -0.508 e. The molecular formula is C23H19NO2. The van der Waals surface area contributed by atoms with E-state index in [9.17, 15) is 5.11 Å². The lowest BCUT2D eigenvalue weighted by atomic mass is 10.0. The Morgan fingerprint density at radius 2 is 1.50 bits per heavy atom. The molecule has 26 heavy (non-hydrogen) atoms. The summed E-state index contributed by atoms with van der Waals surface area (Å²) in [5, 5.41) is 15.1. The van der Waals surface area contributed by atoms with E-state index < -0.39 is 0 Å². The maximum absolute atomic E-state index is 10.4. The molecule has 0 amide bonds. The van der Waals surface area contributed by atoms with E-state index in [2.05, 4.69) is 53.4 Å². The predicted octanol–water partition coefficient (Wildman–Crippen LogP) is 5.05. The lowest BCUT2D eigenvalue weighted by Gasteiger charge is -2.30. The summed E-state index contributed by atoms with van der Waals surface area (Å²) < 4.78 is 6.01. The Labute approximate surface area is 152 Å². The first-order chi connectivity index (χ1) is 12.8. The third-order valence-electron chi connectivity index (χ3n) is 5.18. The largest absolute Gasteiger partial charge is 0.508 e. The molecule has 0 aromatic heterocycles. The highest BCUT2D eigenvalue weighted by Crippen LogP contribution is 2.34. The zero-order valence-corrected chi connectivity index (χ0v) is 14.4. The van der Waals surface area contributed by atoms with E-state index >= 15 is 0 Å². The maximum atomic E-state index is 10.4. The van der Waals surface area contributed by atoms with Crippen molar-refractivity contribution >= 4 is 21.5 Å². The average molecular weight is 341 g/mol. The van der Waals surface area contributed by atoms with Crippen molar-refractivity contribution in [1.29, 1.82) is 0 Å². The first kappa shape index (κ1) is 15.2. The van der Waals surface area contributed by atoms with Crippen molar-refractivity contribution < 1.29 is 9.84 Å². The van der Waals surface area contributed by atoms with E-state index in [0.29, 0.717) is 19.0 Å². The fraction of sp³-hybridized carbons (Fsp3) is 0.130. The van der Waals surface area contributed by atoms with Crippen LogP contribution in [0.3, 0.4) is 0 Å². The molecule has 0 bridgehead atoms. The molecule has 0 saturated heterocycles. The molecule has 4 aromatic carbocycles. The minimum atomic E-state index is 0.340. The zero-order chi connectivity index (χ0) is 17.5. The van der Waals surface area contributed by atoms with Crippen LogP contribution in [-0.4, -0.2) is 16.7 Å². The SMILES string of the molecule is Oc1ccc2ccccc2c1CN1COc2ccc3ccccc3c2C1. The van der Waals surface area contributed by atoms with Crippen molar-refractivity contribution in [3.05, 3.63) is 83.9 Å². The smallest absolute Gasteiger partial charge is 0.142 e. The second-order valence-electron chi connectivity index (χ2n) is 6.81. The second-order valence-corrected chi connectivity index (χ2v) is 6.81. The predicted molar refractivity (Wildman–Crippen MR) is 104 cm³/mol. The van der Waals surface area contributed by atoms with Crippen molar-refractivity contribution in [2.75, 3.05) is 6.73 Å². The van der Waals surface area contributed by atoms with Crippen LogP contribution in [0.4, 0.5) is 0 Å². The molecule has 1 heterocycles. The summed E-state index contributed by atoms with van der Waals surface area (Å²) in [7, 11) is 0. The van der Waals surface area contributed by atoms with Gasteiger partial charge in [0.2, 0.25) is 0 Å². The van der Waals surface area contributed by atoms with E-state index in [1.165, 1.54) is 16.3 Å². The van der Waals surface area contributed by atoms with Crippen LogP contribution in [0.2, 0.25) is 0 Å². The monoisotopic (exact) mass is 341 g/mol. The highest BCUT2D eigenvalue weighted by molar-refractivity contribution is 5.88. The summed E-state index contributed by atoms with van der Waals surface area (Å²) in [6.45, 7) is 1.98. The molecule has 1 N–H and O–H groups in total. The highest BCUT2D eigenvalue weighted by atomic mass is 16.5. The molecule has 1 aliphatic heterocycles. The van der Waals surface area contributed by atoms with Crippen LogP contribution in [0.5, 0.6) is 11.5 Å². The van der Waals surface area contributed by atoms with E-state index in [4.69, 9.17) is 4.74 Å². The summed E-state index contributed by atoms with van der Waals surface area (Å²) >= 11 is 0. The van der Waals surface area contributed by atoms with Crippen molar-refractivity contribution in [1.82, 2.24) is 4.90 Å². The molecule has 0 saturated carbocycles. The van der Waals surface area contributed by atoms with Gasteiger partial charge in [-0.1, -0.05) is 60.7 Å². The molecular weight excluding hydrogens is 322 g/mol. The Morgan fingerprint density at radius 3 is 2.35 bits per heavy atom. The van der Waals surface area contributed by atoms with Gasteiger partial charge in [-0.3, -0.25) is 4.90 Å². The van der Waals surface area contributed by atoms with Crippen LogP contribution in [-0.2, 0) is 13.1 Å². The quantitative estimate of drug-likeness (QED) is 0.554. The summed E-state index contributed by atoms with van der Waals surface area (Å²) in [6, 6.07) is 24.5. The topological polar surface area (TPSA) is 32.7 Å². The van der Waals surface area contributed by atoms with E-state index in [1.54, 1.807) is 6.07 Å². The van der Waals surface area contributed by atoms with Crippen molar-refractivity contribution in [3.8, 4) is 11.5 Å². The summed E-state index contributed by atoms with van der Waals surface area (Å²) in [4.78, 5) is 2.23. The Hall–Kier alpha value is -3.04. The molecule has 0 aliphatic carbocycles. The molecule has 128 valence electrons. The fourth-order valence-electron chi connectivity index (χ4n) is 3.86. The Kier molecular flexibility index (Phi) is 3.54. The molecule has 0 unspecified atom stereocenters. The van der Waals surface area contributed by atoms with E-state index in [1.807, 2.05) is 18.2 Å². The van der Waals surface area contributed by atoms with Crippen LogP contribution in [0.1, 0.15) is 11.1 Å². The molecule has 5 rings (SSSR count). The van der Waals surface area contributed by atoms with Gasteiger partial charge in [-0.25, -0.2) is 0 Å². The Bertz CT molecular complexity index is 1120. The van der Waals surface area contributed by atoms with Gasteiger partial charge < -0.3 is 9.84 Å². The second kappa shape index (κ2) is 6.04. The summed E-state index contributed by atoms with van der Waals surface area (Å²) in [6.07, 6.45) is 0. The van der Waals surface area contributed by atoms with Crippen molar-refractivity contribution in [2.45, 2.75) is 13.1 Å². The Morgan fingerprint density at radius 1 is 0.808 bits per heavy atom. The molecule has 3 nitrogen and oxygen atoms in total. The molecule has 4 aromatic rings. The van der Waals surface area contributed by atoms with Crippen LogP contribution >= 0.6 is 0 Å². The van der Waals surface area contributed by atoms with Gasteiger partial charge >= 0.3 is 0 Å². The zero-order valence-electron chi connectivity index (χ0n) is 14.4. The van der Waals surface area contributed by atoms with Crippen LogP contribution < -0.4 is 4.74 Å². The number of nitrogens with zero attached hydrogens (tertiary/aromatic N) is 1. The highest BCUT2D eigenvalue weighted by Gasteiger charge is 2.21. The average Bonchev–Trinajstić information content (AvgIpc) is 2.70. The normalized spacial score (nSPS) is 14.3. The van der Waals surface area contributed by atoms with Crippen LogP contribution in [0.25, 0.3) is 21.5 Å². The summed E-state index contributed by atoms with van der Waals surface area (Å²) in [5.74, 6) is 1.30. The molecule has 0 fully saturated rings. The molecule has 0 radical (unpaired) electrons. The molecule has 1 aliphatic rings. The van der Waals surface area contributed by atoms with Gasteiger partial charge in [-0.15, -0.1) is 0 Å². The molecule has 0 atom stereocenters. The van der Waals surface area contributed by atoms with Crippen LogP contribution in [0, 0.1) is 0 Å². The standard InChI is InChI=1S/C23H19NO2/c25-22-11-9-16-5-1-3-7-18(16)20(22)13-24-14-21-19-8-4-2-6-17(19)10-12-23(21)26-15-24/h1-12,25H,13-15H2.